The molecule has 0 radical (unpaired) electrons. The van der Waals surface area contributed by atoms with Crippen LogP contribution in [0.2, 0.25) is 0 Å². The smallest absolute Gasteiger partial charge is 0.225 e. The molecule has 1 aliphatic rings. The van der Waals surface area contributed by atoms with Crippen molar-refractivity contribution in [3.8, 4) is 5.75 Å². The molecule has 0 aliphatic carbocycles. The number of methoxy groups -OCH3 is 1. The molecule has 0 saturated heterocycles. The van der Waals surface area contributed by atoms with Crippen molar-refractivity contribution in [2.75, 3.05) is 13.7 Å². The van der Waals surface area contributed by atoms with E-state index in [-0.39, 0.29) is 30.3 Å². The van der Waals surface area contributed by atoms with Gasteiger partial charge in [0.2, 0.25) is 5.91 Å². The zero-order valence-corrected chi connectivity index (χ0v) is 16.4. The Morgan fingerprint density at radius 3 is 2.61 bits per heavy atom. The lowest BCUT2D eigenvalue weighted by Gasteiger charge is -2.26. The van der Waals surface area contributed by atoms with Gasteiger partial charge in [0.25, 0.3) is 0 Å². The Bertz CT molecular complexity index is 849. The molecule has 0 N–H and O–H groups in total. The van der Waals surface area contributed by atoms with Gasteiger partial charge < -0.3 is 14.5 Å². The van der Waals surface area contributed by atoms with Gasteiger partial charge in [-0.3, -0.25) is 4.79 Å². The number of ether oxygens (including phenoxy) is 1. The van der Waals surface area contributed by atoms with Crippen molar-refractivity contribution >= 4 is 11.6 Å². The topological polar surface area (TPSA) is 51.1 Å². The second-order valence-corrected chi connectivity index (χ2v) is 7.16. The highest BCUT2D eigenvalue weighted by Gasteiger charge is 2.28. The molecule has 0 saturated carbocycles. The molecule has 6 heteroatoms. The summed E-state index contributed by atoms with van der Waals surface area (Å²) >= 11 is 0. The third kappa shape index (κ3) is 4.68. The molecule has 148 valence electrons. The minimum atomic E-state index is -0.313. The average molecular weight is 384 g/mol. The minimum Gasteiger partial charge on any atom is -0.497 e. The fraction of sp³-hybridized carbons (Fsp3) is 0.364. The Morgan fingerprint density at radius 2 is 1.96 bits per heavy atom. The number of rotatable bonds is 7. The van der Waals surface area contributed by atoms with Gasteiger partial charge >= 0.3 is 0 Å². The Labute approximate surface area is 164 Å². The zero-order valence-electron chi connectivity index (χ0n) is 16.4. The normalized spacial score (nSPS) is 15.9. The van der Waals surface area contributed by atoms with Gasteiger partial charge in [-0.2, -0.15) is 0 Å². The highest BCUT2D eigenvalue weighted by molar-refractivity contribution is 6.01. The quantitative estimate of drug-likeness (QED) is 0.725. The molecular formula is C22H25FN2O3. The van der Waals surface area contributed by atoms with E-state index in [1.807, 2.05) is 38.1 Å². The second kappa shape index (κ2) is 8.87. The van der Waals surface area contributed by atoms with Crippen LogP contribution in [0.15, 0.2) is 53.7 Å². The van der Waals surface area contributed by atoms with Gasteiger partial charge in [-0.1, -0.05) is 37.2 Å². The lowest BCUT2D eigenvalue weighted by atomic mass is 10.0. The summed E-state index contributed by atoms with van der Waals surface area (Å²) in [4.78, 5) is 19.9. The molecule has 2 aromatic carbocycles. The number of oxime groups is 1. The molecule has 5 nitrogen and oxygen atoms in total. The molecule has 1 heterocycles. The largest absolute Gasteiger partial charge is 0.497 e. The van der Waals surface area contributed by atoms with E-state index < -0.39 is 0 Å². The van der Waals surface area contributed by atoms with Crippen LogP contribution in [0.1, 0.15) is 31.4 Å². The molecule has 1 aliphatic heterocycles. The summed E-state index contributed by atoms with van der Waals surface area (Å²) in [5, 5.41) is 4.19. The molecular weight excluding hydrogens is 359 g/mol. The number of hydrogen-bond donors (Lipinski definition) is 0. The average Bonchev–Trinajstić information content (AvgIpc) is 3.17. The summed E-state index contributed by atoms with van der Waals surface area (Å²) in [7, 11) is 1.62. The van der Waals surface area contributed by atoms with Gasteiger partial charge in [-0.05, 0) is 35.9 Å². The van der Waals surface area contributed by atoms with Crippen molar-refractivity contribution in [3.63, 3.8) is 0 Å². The van der Waals surface area contributed by atoms with Crippen LogP contribution in [0.5, 0.6) is 5.75 Å². The highest BCUT2D eigenvalue weighted by atomic mass is 19.1. The summed E-state index contributed by atoms with van der Waals surface area (Å²) < 4.78 is 19.2. The molecule has 1 atom stereocenters. The maximum Gasteiger partial charge on any atom is 0.225 e. The van der Waals surface area contributed by atoms with Crippen LogP contribution in [0, 0.1) is 11.7 Å². The molecule has 2 aromatic rings. The highest BCUT2D eigenvalue weighted by Crippen LogP contribution is 2.21. The lowest BCUT2D eigenvalue weighted by Crippen LogP contribution is -2.39. The van der Waals surface area contributed by atoms with Gasteiger partial charge in [0, 0.05) is 24.4 Å². The summed E-state index contributed by atoms with van der Waals surface area (Å²) in [6.45, 7) is 4.24. The first-order chi connectivity index (χ1) is 13.5. The van der Waals surface area contributed by atoms with E-state index in [0.29, 0.717) is 18.5 Å². The van der Waals surface area contributed by atoms with Gasteiger partial charge in [-0.25, -0.2) is 4.39 Å². The molecule has 0 bridgehead atoms. The van der Waals surface area contributed by atoms with Crippen molar-refractivity contribution < 1.29 is 18.8 Å². The standard InChI is InChI=1S/C22H25FN2O3/c1-15(2)22(26)25(13-17-6-4-5-7-20(17)23)14-19-12-21(24-28-19)16-8-10-18(27-3)11-9-16/h4-11,15,19H,12-14H2,1-3H3/t19-/m1/s1. The number of halogens is 1. The summed E-state index contributed by atoms with van der Waals surface area (Å²) in [6.07, 6.45) is 0.331. The van der Waals surface area contributed by atoms with E-state index in [9.17, 15) is 9.18 Å². The van der Waals surface area contributed by atoms with Crippen molar-refractivity contribution in [2.24, 2.45) is 11.1 Å². The van der Waals surface area contributed by atoms with E-state index in [2.05, 4.69) is 5.16 Å². The second-order valence-electron chi connectivity index (χ2n) is 7.16. The van der Waals surface area contributed by atoms with Crippen LogP contribution in [-0.2, 0) is 16.2 Å². The van der Waals surface area contributed by atoms with Crippen LogP contribution < -0.4 is 4.74 Å². The van der Waals surface area contributed by atoms with E-state index in [4.69, 9.17) is 9.57 Å². The Morgan fingerprint density at radius 1 is 1.25 bits per heavy atom. The number of benzene rings is 2. The predicted molar refractivity (Wildman–Crippen MR) is 106 cm³/mol. The number of hydrogen-bond acceptors (Lipinski definition) is 4. The van der Waals surface area contributed by atoms with Crippen LogP contribution in [0.25, 0.3) is 0 Å². The van der Waals surface area contributed by atoms with Gasteiger partial charge in [0.05, 0.1) is 19.4 Å². The summed E-state index contributed by atoms with van der Waals surface area (Å²) in [6, 6.07) is 14.1. The molecule has 1 amide bonds. The van der Waals surface area contributed by atoms with Gasteiger partial charge in [0.1, 0.15) is 11.6 Å². The van der Waals surface area contributed by atoms with Crippen LogP contribution in [0.3, 0.4) is 0 Å². The first kappa shape index (κ1) is 19.9. The predicted octanol–water partition coefficient (Wildman–Crippen LogP) is 4.01. The van der Waals surface area contributed by atoms with Crippen molar-refractivity contribution in [1.29, 1.82) is 0 Å². The zero-order chi connectivity index (χ0) is 20.1. The van der Waals surface area contributed by atoms with E-state index in [1.54, 1.807) is 30.2 Å². The molecule has 28 heavy (non-hydrogen) atoms. The van der Waals surface area contributed by atoms with Crippen molar-refractivity contribution in [1.82, 2.24) is 4.90 Å². The summed E-state index contributed by atoms with van der Waals surface area (Å²) in [5.41, 5.74) is 2.28. The fourth-order valence-electron chi connectivity index (χ4n) is 3.16. The maximum atomic E-state index is 14.1. The van der Waals surface area contributed by atoms with E-state index in [1.165, 1.54) is 6.07 Å². The van der Waals surface area contributed by atoms with Gasteiger partial charge in [-0.15, -0.1) is 0 Å². The lowest BCUT2D eigenvalue weighted by molar-refractivity contribution is -0.137. The third-order valence-electron chi connectivity index (χ3n) is 4.70. The number of amides is 1. The maximum absolute atomic E-state index is 14.1. The van der Waals surface area contributed by atoms with Crippen LogP contribution in [0.4, 0.5) is 4.39 Å². The van der Waals surface area contributed by atoms with Crippen molar-refractivity contribution in [2.45, 2.75) is 32.9 Å². The molecule has 0 fully saturated rings. The number of nitrogens with zero attached hydrogens (tertiary/aromatic N) is 2. The monoisotopic (exact) mass is 384 g/mol. The fourth-order valence-corrected chi connectivity index (χ4v) is 3.16. The summed E-state index contributed by atoms with van der Waals surface area (Å²) in [5.74, 6) is 0.241. The number of carbonyl (C=O) groups excluding carboxylic acids is 1. The first-order valence-corrected chi connectivity index (χ1v) is 9.37. The molecule has 0 spiro atoms. The first-order valence-electron chi connectivity index (χ1n) is 9.37. The van der Waals surface area contributed by atoms with Crippen molar-refractivity contribution in [3.05, 3.63) is 65.5 Å². The molecule has 0 unspecified atom stereocenters. The molecule has 0 aromatic heterocycles. The van der Waals surface area contributed by atoms with E-state index >= 15 is 0 Å². The minimum absolute atomic E-state index is 0.0373. The Kier molecular flexibility index (Phi) is 6.29. The molecule has 3 rings (SSSR count). The van der Waals surface area contributed by atoms with E-state index in [0.717, 1.165) is 17.0 Å². The number of carbonyl (C=O) groups is 1. The van der Waals surface area contributed by atoms with Gasteiger partial charge in [0.15, 0.2) is 6.10 Å². The van der Waals surface area contributed by atoms with Crippen LogP contribution in [-0.4, -0.2) is 36.3 Å². The Hall–Kier alpha value is -2.89. The Balaban J connectivity index is 1.68. The van der Waals surface area contributed by atoms with Crippen LogP contribution >= 0.6 is 0 Å². The SMILES string of the molecule is COc1ccc(C2=NO[C@@H](CN(Cc3ccccc3F)C(=O)C(C)C)C2)cc1. The third-order valence-corrected chi connectivity index (χ3v) is 4.70.